The Balaban J connectivity index is 1.87. The van der Waals surface area contributed by atoms with Gasteiger partial charge < -0.3 is 5.11 Å². The predicted molar refractivity (Wildman–Crippen MR) is 77.5 cm³/mol. The molecule has 19 heavy (non-hydrogen) atoms. The third-order valence-corrected chi connectivity index (χ3v) is 4.14. The minimum Gasteiger partial charge on any atom is -0.382 e. The lowest BCUT2D eigenvalue weighted by molar-refractivity contribution is 0.212. The quantitative estimate of drug-likeness (QED) is 0.824. The van der Waals surface area contributed by atoms with Crippen LogP contribution < -0.4 is 0 Å². The number of aryl methyl sites for hydroxylation is 2. The molecule has 7 heteroatoms. The average Bonchev–Trinajstić information content (AvgIpc) is 2.98. The zero-order chi connectivity index (χ0) is 13.6. The summed E-state index contributed by atoms with van der Waals surface area (Å²) in [5.41, 5.74) is 2.27. The fourth-order valence-electron chi connectivity index (χ4n) is 2.17. The smallest absolute Gasteiger partial charge is 0.149 e. The maximum atomic E-state index is 10.5. The molecule has 1 fully saturated rings. The van der Waals surface area contributed by atoms with Gasteiger partial charge in [0.1, 0.15) is 15.5 Å². The maximum absolute atomic E-state index is 10.5. The van der Waals surface area contributed by atoms with Crippen molar-refractivity contribution >= 4 is 22.6 Å². The van der Waals surface area contributed by atoms with Gasteiger partial charge in [-0.25, -0.2) is 0 Å². The second kappa shape index (κ2) is 4.86. The first-order valence-corrected chi connectivity index (χ1v) is 7.41. The van der Waals surface area contributed by atoms with Crippen molar-refractivity contribution in [1.82, 2.24) is 24.8 Å². The van der Waals surface area contributed by atoms with Crippen LogP contribution in [-0.2, 0) is 13.6 Å². The van der Waals surface area contributed by atoms with Crippen molar-refractivity contribution in [2.45, 2.75) is 32.4 Å². The molecule has 0 amide bonds. The predicted octanol–water partition coefficient (Wildman–Crippen LogP) is 1.42. The molecule has 0 radical (unpaired) electrons. The molecule has 0 bridgehead atoms. The van der Waals surface area contributed by atoms with Crippen LogP contribution in [0.1, 0.15) is 35.9 Å². The second-order valence-electron chi connectivity index (χ2n) is 5.10. The topological polar surface area (TPSA) is 68.8 Å². The Labute approximate surface area is 124 Å². The van der Waals surface area contributed by atoms with E-state index >= 15 is 0 Å². The largest absolute Gasteiger partial charge is 0.382 e. The standard InChI is InChI=1S/C12H16IN5O/c1-7-9(6-18(14-7)5-8-3-4-8)11(19)10-12(13)16-17(2)15-10/h6,8,11,19H,3-5H2,1-2H3. The van der Waals surface area contributed by atoms with E-state index in [0.29, 0.717) is 5.69 Å². The van der Waals surface area contributed by atoms with Gasteiger partial charge in [-0.15, -0.1) is 5.10 Å². The third-order valence-electron chi connectivity index (χ3n) is 3.38. The Bertz CT molecular complexity index is 601. The Kier molecular flexibility index (Phi) is 3.34. The highest BCUT2D eigenvalue weighted by atomic mass is 127. The molecule has 2 heterocycles. The summed E-state index contributed by atoms with van der Waals surface area (Å²) in [6, 6.07) is 0. The van der Waals surface area contributed by atoms with E-state index in [1.165, 1.54) is 17.6 Å². The number of aromatic nitrogens is 5. The summed E-state index contributed by atoms with van der Waals surface area (Å²) < 4.78 is 2.66. The molecule has 0 saturated heterocycles. The van der Waals surface area contributed by atoms with E-state index in [1.807, 2.05) is 17.8 Å². The van der Waals surface area contributed by atoms with Gasteiger partial charge in [-0.2, -0.15) is 15.0 Å². The number of nitrogens with zero attached hydrogens (tertiary/aromatic N) is 5. The first-order chi connectivity index (χ1) is 9.04. The van der Waals surface area contributed by atoms with Crippen LogP contribution >= 0.6 is 22.6 Å². The highest BCUT2D eigenvalue weighted by molar-refractivity contribution is 14.1. The lowest BCUT2D eigenvalue weighted by Gasteiger charge is -2.05. The zero-order valence-electron chi connectivity index (χ0n) is 10.9. The van der Waals surface area contributed by atoms with E-state index in [1.54, 1.807) is 7.05 Å². The Morgan fingerprint density at radius 3 is 2.74 bits per heavy atom. The van der Waals surface area contributed by atoms with Crippen molar-refractivity contribution in [2.24, 2.45) is 13.0 Å². The Morgan fingerprint density at radius 2 is 2.16 bits per heavy atom. The number of rotatable bonds is 4. The summed E-state index contributed by atoms with van der Waals surface area (Å²) in [7, 11) is 1.75. The van der Waals surface area contributed by atoms with Crippen molar-refractivity contribution in [1.29, 1.82) is 0 Å². The lowest BCUT2D eigenvalue weighted by Crippen LogP contribution is -2.04. The molecule has 0 aromatic carbocycles. The normalized spacial score (nSPS) is 16.8. The first-order valence-electron chi connectivity index (χ1n) is 6.33. The molecule has 2 aromatic rings. The minimum atomic E-state index is -0.756. The van der Waals surface area contributed by atoms with E-state index in [2.05, 4.69) is 37.9 Å². The maximum Gasteiger partial charge on any atom is 0.149 e. The summed E-state index contributed by atoms with van der Waals surface area (Å²) in [5, 5.41) is 23.3. The van der Waals surface area contributed by atoms with Crippen LogP contribution in [0.15, 0.2) is 6.20 Å². The molecular formula is C12H16IN5O. The molecule has 1 unspecified atom stereocenters. The van der Waals surface area contributed by atoms with Gasteiger partial charge in [-0.05, 0) is 48.3 Å². The van der Waals surface area contributed by atoms with Crippen molar-refractivity contribution in [3.05, 3.63) is 26.8 Å². The summed E-state index contributed by atoms with van der Waals surface area (Å²) in [6.45, 7) is 2.87. The van der Waals surface area contributed by atoms with E-state index in [9.17, 15) is 5.11 Å². The molecule has 102 valence electrons. The fraction of sp³-hybridized carbons (Fsp3) is 0.583. The van der Waals surface area contributed by atoms with E-state index in [4.69, 9.17) is 0 Å². The summed E-state index contributed by atoms with van der Waals surface area (Å²) in [4.78, 5) is 1.48. The van der Waals surface area contributed by atoms with Crippen LogP contribution in [0.5, 0.6) is 0 Å². The Morgan fingerprint density at radius 1 is 1.42 bits per heavy atom. The van der Waals surface area contributed by atoms with Gasteiger partial charge >= 0.3 is 0 Å². The van der Waals surface area contributed by atoms with Gasteiger partial charge in [0, 0.05) is 25.4 Å². The molecule has 1 N–H and O–H groups in total. The molecule has 1 aliphatic carbocycles. The molecule has 1 aliphatic rings. The van der Waals surface area contributed by atoms with Crippen molar-refractivity contribution < 1.29 is 5.11 Å². The number of halogens is 1. The molecule has 1 saturated carbocycles. The lowest BCUT2D eigenvalue weighted by atomic mass is 10.1. The van der Waals surface area contributed by atoms with Crippen LogP contribution in [0.3, 0.4) is 0 Å². The van der Waals surface area contributed by atoms with E-state index in [0.717, 1.165) is 27.4 Å². The first kappa shape index (κ1) is 13.0. The van der Waals surface area contributed by atoms with Gasteiger partial charge in [0.25, 0.3) is 0 Å². The van der Waals surface area contributed by atoms with Gasteiger partial charge in [0.05, 0.1) is 5.69 Å². The van der Waals surface area contributed by atoms with Crippen molar-refractivity contribution in [3.63, 3.8) is 0 Å². The SMILES string of the molecule is Cc1nn(CC2CC2)cc1C(O)c1nn(C)nc1I. The monoisotopic (exact) mass is 373 g/mol. The van der Waals surface area contributed by atoms with Crippen molar-refractivity contribution in [3.8, 4) is 0 Å². The number of aliphatic hydroxyl groups is 1. The number of hydrogen-bond acceptors (Lipinski definition) is 4. The fourth-order valence-corrected chi connectivity index (χ4v) is 2.89. The van der Waals surface area contributed by atoms with Crippen LogP contribution in [0.25, 0.3) is 0 Å². The van der Waals surface area contributed by atoms with Gasteiger partial charge in [-0.1, -0.05) is 0 Å². The number of hydrogen-bond donors (Lipinski definition) is 1. The van der Waals surface area contributed by atoms with Gasteiger partial charge in [0.15, 0.2) is 0 Å². The third kappa shape index (κ3) is 2.66. The number of aliphatic hydroxyl groups excluding tert-OH is 1. The molecular weight excluding hydrogens is 357 g/mol. The van der Waals surface area contributed by atoms with E-state index < -0.39 is 6.10 Å². The molecule has 2 aromatic heterocycles. The van der Waals surface area contributed by atoms with E-state index in [-0.39, 0.29) is 0 Å². The second-order valence-corrected chi connectivity index (χ2v) is 6.13. The summed E-state index contributed by atoms with van der Waals surface area (Å²) in [6.07, 6.45) is 3.76. The van der Waals surface area contributed by atoms with Gasteiger partial charge in [-0.3, -0.25) is 4.68 Å². The molecule has 0 spiro atoms. The van der Waals surface area contributed by atoms with Crippen LogP contribution in [0.4, 0.5) is 0 Å². The highest BCUT2D eigenvalue weighted by Crippen LogP contribution is 2.31. The Hall–Kier alpha value is -0.960. The van der Waals surface area contributed by atoms with Crippen LogP contribution in [0, 0.1) is 16.5 Å². The minimum absolute atomic E-state index is 0.595. The van der Waals surface area contributed by atoms with Gasteiger partial charge in [0.2, 0.25) is 0 Å². The summed E-state index contributed by atoms with van der Waals surface area (Å²) in [5.74, 6) is 0.765. The summed E-state index contributed by atoms with van der Waals surface area (Å²) >= 11 is 2.09. The molecule has 0 aliphatic heterocycles. The molecule has 3 rings (SSSR count). The highest BCUT2D eigenvalue weighted by Gasteiger charge is 2.25. The zero-order valence-corrected chi connectivity index (χ0v) is 13.1. The van der Waals surface area contributed by atoms with Crippen molar-refractivity contribution in [2.75, 3.05) is 0 Å². The van der Waals surface area contributed by atoms with Crippen LogP contribution in [0.2, 0.25) is 0 Å². The average molecular weight is 373 g/mol. The van der Waals surface area contributed by atoms with Crippen LogP contribution in [-0.4, -0.2) is 29.9 Å². The molecule has 6 nitrogen and oxygen atoms in total. The molecule has 1 atom stereocenters.